The fraction of sp³-hybridized carbons (Fsp3) is 0.308. The summed E-state index contributed by atoms with van der Waals surface area (Å²) in [7, 11) is 0. The fourth-order valence-electron chi connectivity index (χ4n) is 1.31. The molecule has 6 heteroatoms. The van der Waals surface area contributed by atoms with Crippen molar-refractivity contribution in [3.63, 3.8) is 0 Å². The second-order valence-corrected chi connectivity index (χ2v) is 3.69. The van der Waals surface area contributed by atoms with Crippen molar-refractivity contribution in [1.82, 2.24) is 0 Å². The van der Waals surface area contributed by atoms with Crippen LogP contribution in [0.1, 0.15) is 18.9 Å². The molecule has 0 saturated carbocycles. The van der Waals surface area contributed by atoms with Crippen LogP contribution in [0.15, 0.2) is 35.5 Å². The van der Waals surface area contributed by atoms with E-state index < -0.39 is 18.4 Å². The van der Waals surface area contributed by atoms with Crippen molar-refractivity contribution in [1.29, 1.82) is 0 Å². The summed E-state index contributed by atoms with van der Waals surface area (Å²) in [6.07, 6.45) is -0.108. The number of ether oxygens (including phenoxy) is 1. The summed E-state index contributed by atoms with van der Waals surface area (Å²) in [5.74, 6) is -1.29. The number of esters is 1. The molecule has 0 spiro atoms. The highest BCUT2D eigenvalue weighted by atomic mass is 16.7. The van der Waals surface area contributed by atoms with Gasteiger partial charge in [-0.25, -0.2) is 4.79 Å². The summed E-state index contributed by atoms with van der Waals surface area (Å²) >= 11 is 0. The maximum Gasteiger partial charge on any atom is 0.346 e. The molecule has 0 amide bonds. The van der Waals surface area contributed by atoms with Crippen molar-refractivity contribution in [2.24, 2.45) is 10.9 Å². The van der Waals surface area contributed by atoms with Crippen molar-refractivity contribution in [3.8, 4) is 0 Å². The zero-order valence-corrected chi connectivity index (χ0v) is 10.7. The number of nitrogens with two attached hydrogens (primary N) is 1. The van der Waals surface area contributed by atoms with Crippen molar-refractivity contribution in [2.45, 2.75) is 19.8 Å². The molecule has 1 rings (SSSR count). The molecular formula is C13H16N2O4. The maximum absolute atomic E-state index is 11.2. The van der Waals surface area contributed by atoms with Gasteiger partial charge in [-0.2, -0.15) is 0 Å². The Morgan fingerprint density at radius 1 is 1.21 bits per heavy atom. The lowest BCUT2D eigenvalue weighted by Gasteiger charge is -2.01. The van der Waals surface area contributed by atoms with Gasteiger partial charge in [0.1, 0.15) is 12.3 Å². The van der Waals surface area contributed by atoms with Gasteiger partial charge in [0.05, 0.1) is 6.61 Å². The van der Waals surface area contributed by atoms with E-state index >= 15 is 0 Å². The number of carbonyl (C=O) groups is 2. The number of oxime groups is 1. The van der Waals surface area contributed by atoms with Crippen LogP contribution in [0.2, 0.25) is 0 Å². The Kier molecular flexibility index (Phi) is 6.08. The van der Waals surface area contributed by atoms with Crippen LogP contribution in [0.5, 0.6) is 0 Å². The normalized spacial score (nSPS) is 10.9. The van der Waals surface area contributed by atoms with E-state index in [1.165, 1.54) is 0 Å². The van der Waals surface area contributed by atoms with Gasteiger partial charge in [-0.15, -0.1) is 0 Å². The minimum absolute atomic E-state index is 0.156. The van der Waals surface area contributed by atoms with Crippen molar-refractivity contribution >= 4 is 17.8 Å². The van der Waals surface area contributed by atoms with Gasteiger partial charge in [0.25, 0.3) is 0 Å². The third kappa shape index (κ3) is 6.21. The molecule has 0 heterocycles. The van der Waals surface area contributed by atoms with E-state index in [1.54, 1.807) is 6.92 Å². The highest BCUT2D eigenvalue weighted by Gasteiger charge is 2.11. The Balaban J connectivity index is 2.39. The third-order valence-corrected chi connectivity index (χ3v) is 2.09. The monoisotopic (exact) mass is 264 g/mol. The van der Waals surface area contributed by atoms with Gasteiger partial charge in [0.2, 0.25) is 0 Å². The number of amidine groups is 1. The zero-order valence-electron chi connectivity index (χ0n) is 10.7. The molecule has 0 saturated heterocycles. The second kappa shape index (κ2) is 7.86. The van der Waals surface area contributed by atoms with E-state index in [1.807, 2.05) is 30.3 Å². The summed E-state index contributed by atoms with van der Waals surface area (Å²) in [6.45, 7) is 1.87. The molecule has 102 valence electrons. The molecule has 0 aliphatic heterocycles. The first-order valence-corrected chi connectivity index (χ1v) is 5.83. The minimum atomic E-state index is -0.797. The molecule has 2 N–H and O–H groups in total. The minimum Gasteiger partial charge on any atom is -0.466 e. The van der Waals surface area contributed by atoms with Gasteiger partial charge >= 0.3 is 11.9 Å². The molecule has 0 fully saturated rings. The molecule has 0 unspecified atom stereocenters. The average molecular weight is 264 g/mol. The highest BCUT2D eigenvalue weighted by Crippen LogP contribution is 2.00. The van der Waals surface area contributed by atoms with Crippen LogP contribution in [-0.4, -0.2) is 24.4 Å². The van der Waals surface area contributed by atoms with E-state index in [2.05, 4.69) is 14.7 Å². The lowest BCUT2D eigenvalue weighted by atomic mass is 10.1. The number of rotatable bonds is 6. The van der Waals surface area contributed by atoms with Crippen LogP contribution >= 0.6 is 0 Å². The van der Waals surface area contributed by atoms with E-state index in [4.69, 9.17) is 5.73 Å². The summed E-state index contributed by atoms with van der Waals surface area (Å²) in [6, 6.07) is 9.38. The van der Waals surface area contributed by atoms with Gasteiger partial charge in [-0.3, -0.25) is 4.79 Å². The van der Waals surface area contributed by atoms with Gasteiger partial charge in [0.15, 0.2) is 0 Å². The Bertz CT molecular complexity index is 457. The topological polar surface area (TPSA) is 91.0 Å². The van der Waals surface area contributed by atoms with Crippen molar-refractivity contribution < 1.29 is 19.2 Å². The molecule has 0 bridgehead atoms. The van der Waals surface area contributed by atoms with E-state index in [0.717, 1.165) is 5.56 Å². The molecule has 6 nitrogen and oxygen atoms in total. The largest absolute Gasteiger partial charge is 0.466 e. The van der Waals surface area contributed by atoms with E-state index in [-0.39, 0.29) is 12.4 Å². The first-order valence-electron chi connectivity index (χ1n) is 5.83. The summed E-state index contributed by atoms with van der Waals surface area (Å²) in [4.78, 5) is 26.7. The Morgan fingerprint density at radius 2 is 1.89 bits per heavy atom. The molecule has 19 heavy (non-hydrogen) atoms. The highest BCUT2D eigenvalue weighted by molar-refractivity contribution is 5.91. The van der Waals surface area contributed by atoms with Crippen molar-refractivity contribution in [3.05, 3.63) is 35.9 Å². The van der Waals surface area contributed by atoms with Crippen LogP contribution < -0.4 is 5.73 Å². The molecule has 0 aliphatic carbocycles. The van der Waals surface area contributed by atoms with Crippen LogP contribution in [-0.2, 0) is 25.6 Å². The Morgan fingerprint density at radius 3 is 2.53 bits per heavy atom. The van der Waals surface area contributed by atoms with E-state index in [0.29, 0.717) is 6.42 Å². The summed E-state index contributed by atoms with van der Waals surface area (Å²) in [5.41, 5.74) is 6.55. The van der Waals surface area contributed by atoms with Gasteiger partial charge in [-0.05, 0) is 12.5 Å². The standard InChI is InChI=1S/C13H16N2O4/c1-2-18-12(16)9-13(17)19-15-11(14)8-10-6-4-3-5-7-10/h3-7H,2,8-9H2,1H3,(H2,14,15). The molecular weight excluding hydrogens is 248 g/mol. The zero-order chi connectivity index (χ0) is 14.1. The van der Waals surface area contributed by atoms with Gasteiger partial charge in [-0.1, -0.05) is 35.5 Å². The van der Waals surface area contributed by atoms with Crippen LogP contribution in [0.4, 0.5) is 0 Å². The predicted octanol–water partition coefficient (Wildman–Crippen LogP) is 0.998. The number of nitrogens with zero attached hydrogens (tertiary/aromatic N) is 1. The molecule has 1 aromatic rings. The second-order valence-electron chi connectivity index (χ2n) is 3.69. The molecule has 0 radical (unpaired) electrons. The molecule has 0 atom stereocenters. The molecule has 0 aliphatic rings. The molecule has 1 aromatic carbocycles. The summed E-state index contributed by atoms with van der Waals surface area (Å²) < 4.78 is 4.60. The smallest absolute Gasteiger partial charge is 0.346 e. The number of carbonyl (C=O) groups excluding carboxylic acids is 2. The average Bonchev–Trinajstić information content (AvgIpc) is 2.38. The lowest BCUT2D eigenvalue weighted by molar-refractivity contribution is -0.154. The quantitative estimate of drug-likeness (QED) is 0.207. The summed E-state index contributed by atoms with van der Waals surface area (Å²) in [5, 5.41) is 3.47. The van der Waals surface area contributed by atoms with Gasteiger partial charge < -0.3 is 15.3 Å². The lowest BCUT2D eigenvalue weighted by Crippen LogP contribution is -2.18. The Labute approximate surface area is 111 Å². The fourth-order valence-corrected chi connectivity index (χ4v) is 1.31. The van der Waals surface area contributed by atoms with Gasteiger partial charge in [0, 0.05) is 6.42 Å². The SMILES string of the molecule is CCOC(=O)CC(=O)O/N=C(\N)Cc1ccccc1. The van der Waals surface area contributed by atoms with E-state index in [9.17, 15) is 9.59 Å². The predicted molar refractivity (Wildman–Crippen MR) is 69.1 cm³/mol. The van der Waals surface area contributed by atoms with Crippen LogP contribution in [0.3, 0.4) is 0 Å². The third-order valence-electron chi connectivity index (χ3n) is 2.09. The van der Waals surface area contributed by atoms with Crippen LogP contribution in [0, 0.1) is 0 Å². The molecule has 0 aromatic heterocycles. The maximum atomic E-state index is 11.2. The Hall–Kier alpha value is -2.37. The number of hydrogen-bond acceptors (Lipinski definition) is 5. The van der Waals surface area contributed by atoms with Crippen LogP contribution in [0.25, 0.3) is 0 Å². The van der Waals surface area contributed by atoms with Crippen molar-refractivity contribution in [2.75, 3.05) is 6.61 Å². The first kappa shape index (κ1) is 14.7. The first-order chi connectivity index (χ1) is 9.11. The number of benzene rings is 1. The number of hydrogen-bond donors (Lipinski definition) is 1.